The average Bonchev–Trinajstić information content (AvgIpc) is 3.61. The molecule has 2 heterocycles. The molecule has 1 aromatic heterocycles. The van der Waals surface area contributed by atoms with E-state index < -0.39 is 23.7 Å². The third-order valence-corrected chi connectivity index (χ3v) is 6.14. The van der Waals surface area contributed by atoms with E-state index in [0.717, 1.165) is 33.9 Å². The van der Waals surface area contributed by atoms with E-state index in [1.165, 1.54) is 17.0 Å². The summed E-state index contributed by atoms with van der Waals surface area (Å²) in [6.45, 7) is 0.196. The Balaban J connectivity index is 1.38. The van der Waals surface area contributed by atoms with E-state index >= 15 is 0 Å². The zero-order valence-corrected chi connectivity index (χ0v) is 18.6. The molecule has 1 aliphatic carbocycles. The molecule has 0 N–H and O–H groups in total. The summed E-state index contributed by atoms with van der Waals surface area (Å²) >= 11 is 0. The van der Waals surface area contributed by atoms with Crippen LogP contribution in [0.15, 0.2) is 66.9 Å². The first-order valence-corrected chi connectivity index (χ1v) is 10.8. The van der Waals surface area contributed by atoms with Crippen molar-refractivity contribution in [3.8, 4) is 22.8 Å². The minimum Gasteiger partial charge on any atom is -0.497 e. The molecule has 1 saturated heterocycles. The fourth-order valence-electron chi connectivity index (χ4n) is 4.23. The largest absolute Gasteiger partial charge is 0.573 e. The van der Waals surface area contributed by atoms with E-state index in [1.807, 2.05) is 30.3 Å². The van der Waals surface area contributed by atoms with E-state index in [-0.39, 0.29) is 18.1 Å². The van der Waals surface area contributed by atoms with Gasteiger partial charge in [-0.3, -0.25) is 9.78 Å². The Morgan fingerprint density at radius 2 is 1.63 bits per heavy atom. The van der Waals surface area contributed by atoms with E-state index in [0.29, 0.717) is 18.5 Å². The fourth-order valence-corrected chi connectivity index (χ4v) is 4.23. The Labute approximate surface area is 198 Å². The van der Waals surface area contributed by atoms with Crippen molar-refractivity contribution < 1.29 is 32.2 Å². The highest BCUT2D eigenvalue weighted by Crippen LogP contribution is 2.49. The van der Waals surface area contributed by atoms with E-state index in [1.54, 1.807) is 19.4 Å². The molecule has 2 aliphatic rings. The van der Waals surface area contributed by atoms with Gasteiger partial charge in [0.2, 0.25) is 0 Å². The zero-order chi connectivity index (χ0) is 24.8. The number of pyridine rings is 1. The average molecular weight is 483 g/mol. The van der Waals surface area contributed by atoms with Gasteiger partial charge >= 0.3 is 12.4 Å². The molecule has 0 unspecified atom stereocenters. The van der Waals surface area contributed by atoms with Crippen molar-refractivity contribution in [2.24, 2.45) is 0 Å². The molecule has 0 bridgehead atoms. The Hall–Kier alpha value is -4.08. The van der Waals surface area contributed by atoms with Crippen molar-refractivity contribution in [3.05, 3.63) is 72.4 Å². The normalized spacial score (nSPS) is 16.7. The maximum Gasteiger partial charge on any atom is 0.573 e. The topological polar surface area (TPSA) is 72.0 Å². The summed E-state index contributed by atoms with van der Waals surface area (Å²) in [5, 5.41) is 0. The molecule has 5 rings (SSSR count). The van der Waals surface area contributed by atoms with Gasteiger partial charge in [0.1, 0.15) is 17.0 Å². The summed E-state index contributed by atoms with van der Waals surface area (Å²) in [4.78, 5) is 33.5. The number of aromatic nitrogens is 1. The number of imide groups is 1. The number of carbonyl (C=O) groups is 2. The molecule has 10 heteroatoms. The third kappa shape index (κ3) is 4.27. The van der Waals surface area contributed by atoms with Crippen molar-refractivity contribution >= 4 is 17.6 Å². The molecule has 0 atom stereocenters. The molecule has 2 aromatic carbocycles. The molecule has 1 saturated carbocycles. The molecule has 1 spiro atoms. The summed E-state index contributed by atoms with van der Waals surface area (Å²) in [5.74, 6) is -0.0857. The van der Waals surface area contributed by atoms with Crippen LogP contribution >= 0.6 is 0 Å². The van der Waals surface area contributed by atoms with Crippen LogP contribution in [0.3, 0.4) is 0 Å². The van der Waals surface area contributed by atoms with Crippen molar-refractivity contribution in [2.45, 2.75) is 31.3 Å². The van der Waals surface area contributed by atoms with Crippen LogP contribution in [-0.4, -0.2) is 40.8 Å². The van der Waals surface area contributed by atoms with Crippen LogP contribution in [0.25, 0.3) is 11.3 Å². The van der Waals surface area contributed by atoms with Gasteiger partial charge in [-0.1, -0.05) is 0 Å². The summed E-state index contributed by atoms with van der Waals surface area (Å²) in [7, 11) is 1.59. The van der Waals surface area contributed by atoms with Crippen molar-refractivity contribution in [1.82, 2.24) is 9.88 Å². The number of hydrogen-bond acceptors (Lipinski definition) is 5. The zero-order valence-electron chi connectivity index (χ0n) is 18.6. The summed E-state index contributed by atoms with van der Waals surface area (Å²) in [6.07, 6.45) is -2.13. The SMILES string of the molecule is COc1ccc(-c2cc(CN3C(=O)N(c4ccc(OC(F)(F)F)cc4)C(=O)C34CC4)ccn2)cc1. The van der Waals surface area contributed by atoms with E-state index in [9.17, 15) is 22.8 Å². The van der Waals surface area contributed by atoms with Gasteiger partial charge in [-0.25, -0.2) is 9.69 Å². The number of amides is 3. The number of benzene rings is 2. The van der Waals surface area contributed by atoms with Crippen LogP contribution < -0.4 is 14.4 Å². The predicted molar refractivity (Wildman–Crippen MR) is 120 cm³/mol. The Bertz CT molecular complexity index is 1270. The second-order valence-electron chi connectivity index (χ2n) is 8.36. The number of hydrogen-bond donors (Lipinski definition) is 0. The maximum absolute atomic E-state index is 13.3. The van der Waals surface area contributed by atoms with E-state index in [4.69, 9.17) is 4.74 Å². The van der Waals surface area contributed by atoms with Gasteiger partial charge in [-0.15, -0.1) is 13.2 Å². The van der Waals surface area contributed by atoms with Crippen LogP contribution in [0.4, 0.5) is 23.7 Å². The molecular weight excluding hydrogens is 463 g/mol. The second kappa shape index (κ2) is 8.30. The van der Waals surface area contributed by atoms with Crippen LogP contribution in [-0.2, 0) is 11.3 Å². The molecule has 180 valence electrons. The Morgan fingerprint density at radius 1 is 0.971 bits per heavy atom. The molecule has 3 aromatic rings. The van der Waals surface area contributed by atoms with Gasteiger partial charge in [0.15, 0.2) is 0 Å². The lowest BCUT2D eigenvalue weighted by molar-refractivity contribution is -0.274. The number of halogens is 3. The van der Waals surface area contributed by atoms with Gasteiger partial charge in [-0.2, -0.15) is 0 Å². The Morgan fingerprint density at radius 3 is 2.23 bits per heavy atom. The monoisotopic (exact) mass is 483 g/mol. The lowest BCUT2D eigenvalue weighted by atomic mass is 10.1. The van der Waals surface area contributed by atoms with E-state index in [2.05, 4.69) is 9.72 Å². The number of rotatable bonds is 6. The number of nitrogens with zero attached hydrogens (tertiary/aromatic N) is 3. The minimum absolute atomic E-state index is 0.192. The summed E-state index contributed by atoms with van der Waals surface area (Å²) in [6, 6.07) is 15.2. The predicted octanol–water partition coefficient (Wildman–Crippen LogP) is 5.16. The second-order valence-corrected chi connectivity index (χ2v) is 8.36. The number of anilines is 1. The number of methoxy groups -OCH3 is 1. The molecule has 35 heavy (non-hydrogen) atoms. The summed E-state index contributed by atoms with van der Waals surface area (Å²) in [5.41, 5.74) is 1.65. The minimum atomic E-state index is -4.83. The van der Waals surface area contributed by atoms with Crippen molar-refractivity contribution in [1.29, 1.82) is 0 Å². The molecule has 7 nitrogen and oxygen atoms in total. The van der Waals surface area contributed by atoms with Crippen LogP contribution in [0.5, 0.6) is 11.5 Å². The standard InChI is InChI=1S/C25H20F3N3O4/c1-34-19-6-2-17(3-7-19)21-14-16(10-13-29-21)15-30-23(33)31(22(32)24(30)11-12-24)18-4-8-20(9-5-18)35-25(26,27)28/h2-10,13-14H,11-12,15H2,1H3. The van der Waals surface area contributed by atoms with Gasteiger partial charge < -0.3 is 14.4 Å². The van der Waals surface area contributed by atoms with Gasteiger partial charge in [-0.05, 0) is 79.1 Å². The summed E-state index contributed by atoms with van der Waals surface area (Å²) < 4.78 is 46.4. The van der Waals surface area contributed by atoms with Gasteiger partial charge in [0.05, 0.1) is 18.5 Å². The lowest BCUT2D eigenvalue weighted by Crippen LogP contribution is -2.36. The third-order valence-electron chi connectivity index (χ3n) is 6.14. The molecular formula is C25H20F3N3O4. The number of ether oxygens (including phenoxy) is 2. The first-order chi connectivity index (χ1) is 16.7. The quantitative estimate of drug-likeness (QED) is 0.453. The van der Waals surface area contributed by atoms with Crippen molar-refractivity contribution in [3.63, 3.8) is 0 Å². The van der Waals surface area contributed by atoms with Crippen LogP contribution in [0.2, 0.25) is 0 Å². The smallest absolute Gasteiger partial charge is 0.497 e. The van der Waals surface area contributed by atoms with Crippen molar-refractivity contribution in [2.75, 3.05) is 12.0 Å². The van der Waals surface area contributed by atoms with Crippen LogP contribution in [0.1, 0.15) is 18.4 Å². The lowest BCUT2D eigenvalue weighted by Gasteiger charge is -2.21. The molecule has 1 aliphatic heterocycles. The highest BCUT2D eigenvalue weighted by atomic mass is 19.4. The fraction of sp³-hybridized carbons (Fsp3) is 0.240. The maximum atomic E-state index is 13.3. The highest BCUT2D eigenvalue weighted by Gasteiger charge is 2.65. The number of urea groups is 1. The number of carbonyl (C=O) groups excluding carboxylic acids is 2. The van der Waals surface area contributed by atoms with Gasteiger partial charge in [0, 0.05) is 18.3 Å². The first-order valence-electron chi connectivity index (χ1n) is 10.8. The highest BCUT2D eigenvalue weighted by molar-refractivity contribution is 6.24. The number of alkyl halides is 3. The van der Waals surface area contributed by atoms with Crippen LogP contribution in [0, 0.1) is 0 Å². The van der Waals surface area contributed by atoms with Gasteiger partial charge in [0.25, 0.3) is 5.91 Å². The molecule has 3 amide bonds. The molecule has 2 fully saturated rings. The first kappa shape index (κ1) is 22.7. The Kier molecular flexibility index (Phi) is 5.38. The molecule has 0 radical (unpaired) electrons.